The van der Waals surface area contributed by atoms with Crippen molar-refractivity contribution in [1.82, 2.24) is 15.5 Å². The molecular weight excluding hydrogens is 371 g/mol. The minimum Gasteiger partial charge on any atom is -0.434 e. The summed E-state index contributed by atoms with van der Waals surface area (Å²) < 4.78 is 66.7. The number of ether oxygens (including phenoxy) is 1. The van der Waals surface area contributed by atoms with Gasteiger partial charge in [0.1, 0.15) is 5.75 Å². The van der Waals surface area contributed by atoms with E-state index in [9.17, 15) is 22.0 Å². The summed E-state index contributed by atoms with van der Waals surface area (Å²) in [6.07, 6.45) is -3.52. The fraction of sp³-hybridized carbons (Fsp3) is 0.588. The van der Waals surface area contributed by atoms with Gasteiger partial charge < -0.3 is 15.4 Å². The van der Waals surface area contributed by atoms with E-state index >= 15 is 0 Å². The number of guanidine groups is 1. The Balaban J connectivity index is 1.79. The lowest BCUT2D eigenvalue weighted by atomic mass is 10.1. The summed E-state index contributed by atoms with van der Waals surface area (Å²) in [7, 11) is 1.56. The Bertz CT molecular complexity index is 624. The van der Waals surface area contributed by atoms with Gasteiger partial charge in [0.25, 0.3) is 0 Å². The Morgan fingerprint density at radius 3 is 2.70 bits per heavy atom. The molecule has 1 unspecified atom stereocenters. The van der Waals surface area contributed by atoms with Crippen LogP contribution in [0.15, 0.2) is 29.3 Å². The van der Waals surface area contributed by atoms with Gasteiger partial charge in [-0.2, -0.15) is 22.0 Å². The van der Waals surface area contributed by atoms with Crippen molar-refractivity contribution in [2.24, 2.45) is 10.9 Å². The topological polar surface area (TPSA) is 48.9 Å². The second-order valence-electron chi connectivity index (χ2n) is 6.30. The second kappa shape index (κ2) is 9.72. The van der Waals surface area contributed by atoms with E-state index in [2.05, 4.69) is 20.4 Å². The molecule has 0 amide bonds. The zero-order valence-corrected chi connectivity index (χ0v) is 14.9. The molecule has 1 aliphatic heterocycles. The molecule has 5 nitrogen and oxygen atoms in total. The third kappa shape index (κ3) is 7.58. The van der Waals surface area contributed by atoms with Crippen molar-refractivity contribution in [2.75, 3.05) is 33.2 Å². The Kier molecular flexibility index (Phi) is 7.64. The van der Waals surface area contributed by atoms with Crippen molar-refractivity contribution in [3.05, 3.63) is 29.8 Å². The van der Waals surface area contributed by atoms with Crippen molar-refractivity contribution >= 4 is 5.96 Å². The number of aliphatic imine (C=N–C) groups is 1. The first kappa shape index (κ1) is 21.2. The van der Waals surface area contributed by atoms with Gasteiger partial charge >= 0.3 is 12.8 Å². The van der Waals surface area contributed by atoms with Crippen LogP contribution in [-0.4, -0.2) is 56.9 Å². The fourth-order valence-electron chi connectivity index (χ4n) is 2.98. The number of nitrogens with zero attached hydrogens (tertiary/aromatic N) is 2. The fourth-order valence-corrected chi connectivity index (χ4v) is 2.98. The van der Waals surface area contributed by atoms with Crippen molar-refractivity contribution in [1.29, 1.82) is 0 Å². The van der Waals surface area contributed by atoms with Gasteiger partial charge in [0.2, 0.25) is 0 Å². The average Bonchev–Trinajstić information content (AvgIpc) is 3.01. The van der Waals surface area contributed by atoms with Gasteiger partial charge in [-0.3, -0.25) is 9.89 Å². The predicted molar refractivity (Wildman–Crippen MR) is 91.9 cm³/mol. The molecule has 0 aromatic heterocycles. The van der Waals surface area contributed by atoms with Crippen LogP contribution in [0.25, 0.3) is 0 Å². The van der Waals surface area contributed by atoms with Crippen LogP contribution in [0.4, 0.5) is 22.0 Å². The van der Waals surface area contributed by atoms with E-state index < -0.39 is 19.3 Å². The van der Waals surface area contributed by atoms with Crippen LogP contribution < -0.4 is 15.4 Å². The molecule has 152 valence electrons. The normalized spacial score (nSPS) is 18.8. The van der Waals surface area contributed by atoms with Crippen LogP contribution in [-0.2, 0) is 6.54 Å². The molecule has 0 saturated carbocycles. The lowest BCUT2D eigenvalue weighted by Gasteiger charge is -2.19. The van der Waals surface area contributed by atoms with Crippen molar-refractivity contribution < 1.29 is 26.7 Å². The third-order valence-corrected chi connectivity index (χ3v) is 4.19. The molecule has 1 atom stereocenters. The number of likely N-dealkylation sites (tertiary alicyclic amines) is 1. The second-order valence-corrected chi connectivity index (χ2v) is 6.30. The number of halogens is 5. The minimum absolute atomic E-state index is 0.0778. The van der Waals surface area contributed by atoms with E-state index in [1.165, 1.54) is 11.0 Å². The zero-order valence-electron chi connectivity index (χ0n) is 14.9. The monoisotopic (exact) mass is 394 g/mol. The van der Waals surface area contributed by atoms with E-state index in [1.807, 2.05) is 0 Å². The molecule has 0 radical (unpaired) electrons. The molecule has 2 rings (SSSR count). The summed E-state index contributed by atoms with van der Waals surface area (Å²) in [4.78, 5) is 5.43. The summed E-state index contributed by atoms with van der Waals surface area (Å²) in [5.41, 5.74) is 0.540. The van der Waals surface area contributed by atoms with Crippen LogP contribution >= 0.6 is 0 Å². The molecular formula is C17H23F5N4O. The van der Waals surface area contributed by atoms with Gasteiger partial charge in [-0.15, -0.1) is 0 Å². The Hall–Kier alpha value is -2.10. The van der Waals surface area contributed by atoms with Crippen LogP contribution in [0.2, 0.25) is 0 Å². The van der Waals surface area contributed by atoms with Crippen molar-refractivity contribution in [3.8, 4) is 5.75 Å². The molecule has 1 aromatic carbocycles. The maximum absolute atomic E-state index is 12.4. The number of alkyl halides is 5. The highest BCUT2D eigenvalue weighted by atomic mass is 19.4. The number of nitrogens with one attached hydrogen (secondary N) is 2. The summed E-state index contributed by atoms with van der Waals surface area (Å²) in [6.45, 7) is -2.33. The molecule has 10 heteroatoms. The largest absolute Gasteiger partial charge is 0.434 e. The molecule has 1 aliphatic rings. The molecule has 1 fully saturated rings. The van der Waals surface area contributed by atoms with Crippen LogP contribution in [0, 0.1) is 5.92 Å². The van der Waals surface area contributed by atoms with Crippen LogP contribution in [0.5, 0.6) is 5.75 Å². The molecule has 2 N–H and O–H groups in total. The standard InChI is InChI=1S/C17H23F5N4O/c1-23-16(24-8-12-6-7-26(10-12)11-17(20,21)22)25-9-13-4-2-3-5-14(13)27-15(18)19/h2-5,12,15H,6-11H2,1H3,(H2,23,24,25). The molecule has 0 aliphatic carbocycles. The van der Waals surface area contributed by atoms with Gasteiger partial charge in [-0.05, 0) is 24.9 Å². The summed E-state index contributed by atoms with van der Waals surface area (Å²) in [5, 5.41) is 6.06. The van der Waals surface area contributed by atoms with E-state index in [0.717, 1.165) is 0 Å². The van der Waals surface area contributed by atoms with Crippen molar-refractivity contribution in [3.63, 3.8) is 0 Å². The van der Waals surface area contributed by atoms with E-state index in [1.54, 1.807) is 25.2 Å². The molecule has 1 heterocycles. The number of rotatable bonds is 7. The van der Waals surface area contributed by atoms with E-state index in [0.29, 0.717) is 37.6 Å². The molecule has 0 bridgehead atoms. The van der Waals surface area contributed by atoms with Gasteiger partial charge in [0, 0.05) is 32.2 Å². The quantitative estimate of drug-likeness (QED) is 0.424. The molecule has 1 saturated heterocycles. The summed E-state index contributed by atoms with van der Waals surface area (Å²) in [5.74, 6) is 0.602. The first-order valence-corrected chi connectivity index (χ1v) is 8.53. The van der Waals surface area contributed by atoms with Gasteiger partial charge in [-0.1, -0.05) is 18.2 Å². The smallest absolute Gasteiger partial charge is 0.401 e. The van der Waals surface area contributed by atoms with Gasteiger partial charge in [-0.25, -0.2) is 0 Å². The summed E-state index contributed by atoms with van der Waals surface area (Å²) in [6, 6.07) is 6.41. The zero-order chi connectivity index (χ0) is 19.9. The SMILES string of the molecule is CN=C(NCc1ccccc1OC(F)F)NCC1CCN(CC(F)(F)F)C1. The maximum Gasteiger partial charge on any atom is 0.401 e. The van der Waals surface area contributed by atoms with E-state index in [-0.39, 0.29) is 18.2 Å². The van der Waals surface area contributed by atoms with Gasteiger partial charge in [0.15, 0.2) is 5.96 Å². The number of para-hydroxylation sites is 1. The lowest BCUT2D eigenvalue weighted by Crippen LogP contribution is -2.40. The highest BCUT2D eigenvalue weighted by molar-refractivity contribution is 5.79. The number of hydrogen-bond donors (Lipinski definition) is 2. The van der Waals surface area contributed by atoms with Gasteiger partial charge in [0.05, 0.1) is 6.54 Å². The third-order valence-electron chi connectivity index (χ3n) is 4.19. The number of hydrogen-bond acceptors (Lipinski definition) is 3. The Morgan fingerprint density at radius 1 is 1.30 bits per heavy atom. The molecule has 27 heavy (non-hydrogen) atoms. The summed E-state index contributed by atoms with van der Waals surface area (Å²) >= 11 is 0. The molecule has 1 aromatic rings. The predicted octanol–water partition coefficient (Wildman–Crippen LogP) is 2.84. The van der Waals surface area contributed by atoms with Crippen LogP contribution in [0.3, 0.4) is 0 Å². The van der Waals surface area contributed by atoms with Crippen LogP contribution in [0.1, 0.15) is 12.0 Å². The average molecular weight is 394 g/mol. The van der Waals surface area contributed by atoms with E-state index in [4.69, 9.17) is 0 Å². The molecule has 0 spiro atoms. The van der Waals surface area contributed by atoms with Crippen molar-refractivity contribution in [2.45, 2.75) is 25.8 Å². The maximum atomic E-state index is 12.4. The lowest BCUT2D eigenvalue weighted by molar-refractivity contribution is -0.143. The Morgan fingerprint density at radius 2 is 2.04 bits per heavy atom. The first-order chi connectivity index (χ1) is 12.8. The highest BCUT2D eigenvalue weighted by Gasteiger charge is 2.34. The minimum atomic E-state index is -4.19. The Labute approximate surface area is 154 Å². The first-order valence-electron chi connectivity index (χ1n) is 8.53. The highest BCUT2D eigenvalue weighted by Crippen LogP contribution is 2.22. The number of benzene rings is 1.